The van der Waals surface area contributed by atoms with E-state index in [4.69, 9.17) is 11.6 Å². The van der Waals surface area contributed by atoms with E-state index in [1.165, 1.54) is 22.3 Å². The van der Waals surface area contributed by atoms with Gasteiger partial charge in [-0.05, 0) is 79.8 Å². The Kier molecular flexibility index (Phi) is 5.25. The number of benzene rings is 3. The van der Waals surface area contributed by atoms with Crippen molar-refractivity contribution in [3.63, 3.8) is 0 Å². The predicted molar refractivity (Wildman–Crippen MR) is 130 cm³/mol. The highest BCUT2D eigenvalue weighted by molar-refractivity contribution is 6.30. The molecule has 3 aromatic carbocycles. The van der Waals surface area contributed by atoms with Crippen molar-refractivity contribution in [1.82, 2.24) is 0 Å². The largest absolute Gasteiger partial charge is 0.480 e. The van der Waals surface area contributed by atoms with Crippen molar-refractivity contribution in [2.24, 2.45) is 0 Å². The number of hydrogen-bond donors (Lipinski definition) is 2. The van der Waals surface area contributed by atoms with Crippen LogP contribution in [-0.2, 0) is 16.6 Å². The van der Waals surface area contributed by atoms with Crippen LogP contribution < -0.4 is 5.32 Å². The normalized spacial score (nSPS) is 26.6. The second-order valence-corrected chi connectivity index (χ2v) is 9.94. The number of carbonyl (C=O) groups is 1. The van der Waals surface area contributed by atoms with Gasteiger partial charge in [-0.3, -0.25) is 0 Å². The Balaban J connectivity index is 1.50. The summed E-state index contributed by atoms with van der Waals surface area (Å²) < 4.78 is 0. The van der Waals surface area contributed by atoms with Gasteiger partial charge in [-0.1, -0.05) is 71.8 Å². The molecule has 3 nitrogen and oxygen atoms in total. The zero-order valence-corrected chi connectivity index (χ0v) is 19.0. The second kappa shape index (κ2) is 7.97. The number of rotatable bonds is 4. The highest BCUT2D eigenvalue weighted by atomic mass is 35.5. The summed E-state index contributed by atoms with van der Waals surface area (Å²) in [6, 6.07) is 25.0. The van der Waals surface area contributed by atoms with Gasteiger partial charge in [-0.25, -0.2) is 4.79 Å². The summed E-state index contributed by atoms with van der Waals surface area (Å²) in [6.45, 7) is 2.12. The summed E-state index contributed by atoms with van der Waals surface area (Å²) in [5.41, 5.74) is 5.19. The Morgan fingerprint density at radius 3 is 2.38 bits per heavy atom. The van der Waals surface area contributed by atoms with Crippen molar-refractivity contribution in [2.75, 3.05) is 5.32 Å². The van der Waals surface area contributed by atoms with Crippen LogP contribution in [0.25, 0.3) is 0 Å². The molecule has 1 saturated carbocycles. The fourth-order valence-electron chi connectivity index (χ4n) is 6.00. The van der Waals surface area contributed by atoms with Gasteiger partial charge in [0, 0.05) is 16.1 Å². The fraction of sp³-hybridized carbons (Fsp3) is 0.321. The third kappa shape index (κ3) is 3.49. The minimum absolute atomic E-state index is 0.0270. The topological polar surface area (TPSA) is 49.3 Å². The number of aliphatic carboxylic acids is 1. The molecule has 2 aliphatic rings. The van der Waals surface area contributed by atoms with Gasteiger partial charge >= 0.3 is 5.97 Å². The van der Waals surface area contributed by atoms with Crippen LogP contribution in [0, 0.1) is 6.92 Å². The standard InChI is InChI=1S/C28H28ClNO2/c1-19-9-11-20(12-10-19)25-17-21-5-2-3-8-24(21)27(25)13-15-28(16-14-27,26(31)32)30-23-7-4-6-22(29)18-23/h2-12,18,25,30H,13-17H2,1H3,(H,31,32). The Labute approximate surface area is 194 Å². The van der Waals surface area contributed by atoms with Crippen LogP contribution in [0.5, 0.6) is 0 Å². The Hall–Kier alpha value is -2.78. The first kappa shape index (κ1) is 21.1. The zero-order valence-electron chi connectivity index (χ0n) is 18.3. The first-order chi connectivity index (χ1) is 15.4. The number of carboxylic acids is 1. The summed E-state index contributed by atoms with van der Waals surface area (Å²) in [4.78, 5) is 12.5. The number of halogens is 1. The highest BCUT2D eigenvalue weighted by Gasteiger charge is 2.54. The lowest BCUT2D eigenvalue weighted by atomic mass is 9.59. The molecule has 0 saturated heterocycles. The molecule has 2 N–H and O–H groups in total. The smallest absolute Gasteiger partial charge is 0.329 e. The number of carboxylic acid groups (broad SMARTS) is 1. The Morgan fingerprint density at radius 1 is 0.969 bits per heavy atom. The second-order valence-electron chi connectivity index (χ2n) is 9.50. The molecule has 1 fully saturated rings. The molecule has 0 aliphatic heterocycles. The number of hydrogen-bond acceptors (Lipinski definition) is 2. The average Bonchev–Trinajstić information content (AvgIpc) is 3.10. The maximum absolute atomic E-state index is 12.5. The molecule has 4 heteroatoms. The van der Waals surface area contributed by atoms with Crippen molar-refractivity contribution < 1.29 is 9.90 Å². The van der Waals surface area contributed by atoms with E-state index in [1.807, 2.05) is 12.1 Å². The van der Waals surface area contributed by atoms with Crippen LogP contribution in [0.3, 0.4) is 0 Å². The molecule has 0 radical (unpaired) electrons. The monoisotopic (exact) mass is 445 g/mol. The summed E-state index contributed by atoms with van der Waals surface area (Å²) in [5, 5.41) is 14.2. The van der Waals surface area contributed by atoms with Gasteiger partial charge in [0.15, 0.2) is 0 Å². The first-order valence-corrected chi connectivity index (χ1v) is 11.7. The van der Waals surface area contributed by atoms with Crippen molar-refractivity contribution in [2.45, 2.75) is 55.9 Å². The summed E-state index contributed by atoms with van der Waals surface area (Å²) >= 11 is 6.15. The summed E-state index contributed by atoms with van der Waals surface area (Å²) in [6.07, 6.45) is 3.84. The SMILES string of the molecule is Cc1ccc(C2Cc3ccccc3C23CCC(Nc2cccc(Cl)c2)(C(=O)O)CC3)cc1. The van der Waals surface area contributed by atoms with Crippen LogP contribution >= 0.6 is 11.6 Å². The maximum atomic E-state index is 12.5. The minimum atomic E-state index is -0.981. The molecule has 1 atom stereocenters. The van der Waals surface area contributed by atoms with Gasteiger partial charge < -0.3 is 10.4 Å². The van der Waals surface area contributed by atoms with Gasteiger partial charge in [-0.15, -0.1) is 0 Å². The van der Waals surface area contributed by atoms with Gasteiger partial charge in [0.05, 0.1) is 0 Å². The van der Waals surface area contributed by atoms with Crippen molar-refractivity contribution in [3.8, 4) is 0 Å². The van der Waals surface area contributed by atoms with E-state index >= 15 is 0 Å². The van der Waals surface area contributed by atoms with Gasteiger partial charge in [-0.2, -0.15) is 0 Å². The third-order valence-electron chi connectivity index (χ3n) is 7.74. The lowest BCUT2D eigenvalue weighted by Gasteiger charge is -2.47. The molecule has 1 unspecified atom stereocenters. The van der Waals surface area contributed by atoms with Crippen LogP contribution in [0.15, 0.2) is 72.8 Å². The molecule has 0 heterocycles. The number of anilines is 1. The highest BCUT2D eigenvalue weighted by Crippen LogP contribution is 2.58. The molecule has 0 amide bonds. The first-order valence-electron chi connectivity index (χ1n) is 11.3. The van der Waals surface area contributed by atoms with Crippen LogP contribution in [0.1, 0.15) is 53.9 Å². The molecule has 164 valence electrons. The van der Waals surface area contributed by atoms with E-state index in [-0.39, 0.29) is 5.41 Å². The fourth-order valence-corrected chi connectivity index (χ4v) is 6.19. The summed E-state index contributed by atoms with van der Waals surface area (Å²) in [7, 11) is 0. The van der Waals surface area contributed by atoms with Crippen molar-refractivity contribution in [3.05, 3.63) is 100 Å². The Morgan fingerprint density at radius 2 is 1.69 bits per heavy atom. The molecule has 3 aromatic rings. The molecule has 5 rings (SSSR count). The van der Waals surface area contributed by atoms with E-state index in [0.29, 0.717) is 23.8 Å². The van der Waals surface area contributed by atoms with E-state index in [1.54, 1.807) is 12.1 Å². The van der Waals surface area contributed by atoms with Gasteiger partial charge in [0.2, 0.25) is 0 Å². The average molecular weight is 446 g/mol. The van der Waals surface area contributed by atoms with Crippen LogP contribution in [0.2, 0.25) is 5.02 Å². The van der Waals surface area contributed by atoms with Crippen LogP contribution in [0.4, 0.5) is 5.69 Å². The molecular weight excluding hydrogens is 418 g/mol. The molecule has 2 aliphatic carbocycles. The van der Waals surface area contributed by atoms with E-state index in [0.717, 1.165) is 24.9 Å². The van der Waals surface area contributed by atoms with Crippen molar-refractivity contribution in [1.29, 1.82) is 0 Å². The Bertz CT molecular complexity index is 1150. The molecule has 0 bridgehead atoms. The molecule has 1 spiro atoms. The third-order valence-corrected chi connectivity index (χ3v) is 7.97. The van der Waals surface area contributed by atoms with E-state index in [9.17, 15) is 9.90 Å². The quantitative estimate of drug-likeness (QED) is 0.467. The predicted octanol–water partition coefficient (Wildman–Crippen LogP) is 6.74. The number of aryl methyl sites for hydroxylation is 1. The maximum Gasteiger partial charge on any atom is 0.329 e. The lowest BCUT2D eigenvalue weighted by molar-refractivity contribution is -0.144. The molecule has 32 heavy (non-hydrogen) atoms. The minimum Gasteiger partial charge on any atom is -0.480 e. The van der Waals surface area contributed by atoms with E-state index in [2.05, 4.69) is 60.8 Å². The van der Waals surface area contributed by atoms with Gasteiger partial charge in [0.25, 0.3) is 0 Å². The number of nitrogens with one attached hydrogen (secondary N) is 1. The van der Waals surface area contributed by atoms with Gasteiger partial charge in [0.1, 0.15) is 5.54 Å². The lowest BCUT2D eigenvalue weighted by Crippen LogP contribution is -2.52. The molecule has 0 aromatic heterocycles. The van der Waals surface area contributed by atoms with Crippen LogP contribution in [-0.4, -0.2) is 16.6 Å². The summed E-state index contributed by atoms with van der Waals surface area (Å²) in [5.74, 6) is -0.413. The molecular formula is C28H28ClNO2. The number of fused-ring (bicyclic) bond motifs is 2. The zero-order chi connectivity index (χ0) is 22.3. The van der Waals surface area contributed by atoms with Crippen molar-refractivity contribution >= 4 is 23.3 Å². The van der Waals surface area contributed by atoms with E-state index < -0.39 is 11.5 Å².